The third-order valence-electron chi connectivity index (χ3n) is 4.72. The molecule has 0 spiro atoms. The van der Waals surface area contributed by atoms with Crippen molar-refractivity contribution in [2.45, 2.75) is 20.8 Å². The number of hydrogen-bond acceptors (Lipinski definition) is 2. The zero-order valence-electron chi connectivity index (χ0n) is 16.6. The lowest BCUT2D eigenvalue weighted by molar-refractivity contribution is 0.586. The maximum Gasteiger partial charge on any atom is 0.135 e. The molecule has 1 heterocycles. The van der Waals surface area contributed by atoms with E-state index in [2.05, 4.69) is 93.6 Å². The maximum absolute atomic E-state index is 5.11. The van der Waals surface area contributed by atoms with Gasteiger partial charge in [0.1, 0.15) is 5.84 Å². The lowest BCUT2D eigenvalue weighted by Gasteiger charge is -2.18. The first-order chi connectivity index (χ1) is 13.5. The van der Waals surface area contributed by atoms with E-state index in [0.29, 0.717) is 0 Å². The molecule has 2 heteroatoms. The molecule has 3 aromatic rings. The highest BCUT2D eigenvalue weighted by Crippen LogP contribution is 2.36. The largest absolute Gasteiger partial charge is 0.232 e. The Kier molecular flexibility index (Phi) is 4.79. The highest BCUT2D eigenvalue weighted by molar-refractivity contribution is 6.38. The fraction of sp³-hybridized carbons (Fsp3) is 0.154. The first-order valence-electron chi connectivity index (χ1n) is 9.62. The molecule has 0 bridgehead atoms. The van der Waals surface area contributed by atoms with Crippen LogP contribution < -0.4 is 0 Å². The molecule has 0 unspecified atom stereocenters. The fourth-order valence-electron chi connectivity index (χ4n) is 3.25. The molecule has 0 saturated heterocycles. The summed E-state index contributed by atoms with van der Waals surface area (Å²) < 4.78 is 0. The van der Waals surface area contributed by atoms with Gasteiger partial charge < -0.3 is 0 Å². The molecule has 28 heavy (non-hydrogen) atoms. The van der Waals surface area contributed by atoms with Gasteiger partial charge in [-0.3, -0.25) is 0 Å². The van der Waals surface area contributed by atoms with Crippen molar-refractivity contribution in [3.63, 3.8) is 0 Å². The summed E-state index contributed by atoms with van der Waals surface area (Å²) in [6, 6.07) is 29.1. The Morgan fingerprint density at radius 3 is 1.96 bits per heavy atom. The summed E-state index contributed by atoms with van der Waals surface area (Å²) in [6.07, 6.45) is 2.21. The minimum Gasteiger partial charge on any atom is -0.232 e. The molecule has 0 fully saturated rings. The van der Waals surface area contributed by atoms with Crippen LogP contribution in [0.15, 0.2) is 94.9 Å². The van der Waals surface area contributed by atoms with Gasteiger partial charge in [-0.1, -0.05) is 99.6 Å². The average molecular weight is 364 g/mol. The Hall–Kier alpha value is -3.26. The van der Waals surface area contributed by atoms with E-state index < -0.39 is 0 Å². The Labute approximate surface area is 167 Å². The first kappa shape index (κ1) is 18.1. The molecule has 0 atom stereocenters. The summed E-state index contributed by atoms with van der Waals surface area (Å²) >= 11 is 0. The maximum atomic E-state index is 5.11. The van der Waals surface area contributed by atoms with Gasteiger partial charge in [0.25, 0.3) is 0 Å². The number of para-hydroxylation sites is 1. The van der Waals surface area contributed by atoms with Crippen molar-refractivity contribution in [2.24, 2.45) is 15.4 Å². The van der Waals surface area contributed by atoms with Crippen LogP contribution in [-0.4, -0.2) is 11.5 Å². The third-order valence-corrected chi connectivity index (χ3v) is 4.72. The van der Waals surface area contributed by atoms with Crippen LogP contribution in [0.2, 0.25) is 0 Å². The highest BCUT2D eigenvalue weighted by Gasteiger charge is 2.25. The van der Waals surface area contributed by atoms with Crippen molar-refractivity contribution in [3.8, 4) is 0 Å². The highest BCUT2D eigenvalue weighted by atomic mass is 15.0. The van der Waals surface area contributed by atoms with Crippen LogP contribution in [0.4, 0.5) is 5.69 Å². The Morgan fingerprint density at radius 1 is 0.679 bits per heavy atom. The van der Waals surface area contributed by atoms with Crippen LogP contribution in [0.3, 0.4) is 0 Å². The van der Waals surface area contributed by atoms with Crippen molar-refractivity contribution >= 4 is 28.9 Å². The standard InChI is InChI=1S/C26H24N2/c1-26(2,3)25-27-23-17-11-10-16-21(23)22(18-19-12-6-4-7-13-19)24(28-25)20-14-8-5-9-15-20/h4-18H,1-3H3. The zero-order valence-corrected chi connectivity index (χ0v) is 16.6. The molecule has 1 aliphatic rings. The van der Waals surface area contributed by atoms with Gasteiger partial charge in [-0.15, -0.1) is 0 Å². The lowest BCUT2D eigenvalue weighted by Crippen LogP contribution is -2.19. The molecule has 0 radical (unpaired) electrons. The normalized spacial score (nSPS) is 15.5. The Bertz CT molecular complexity index is 1070. The van der Waals surface area contributed by atoms with E-state index in [1.54, 1.807) is 0 Å². The van der Waals surface area contributed by atoms with Gasteiger partial charge in [-0.25, -0.2) is 9.98 Å². The molecule has 2 nitrogen and oxygen atoms in total. The van der Waals surface area contributed by atoms with E-state index in [4.69, 9.17) is 9.98 Å². The number of rotatable bonds is 2. The van der Waals surface area contributed by atoms with Crippen LogP contribution in [0.25, 0.3) is 11.6 Å². The quantitative estimate of drug-likeness (QED) is 0.477. The second-order valence-corrected chi connectivity index (χ2v) is 8.00. The summed E-state index contributed by atoms with van der Waals surface area (Å²) in [6.45, 7) is 6.48. The summed E-state index contributed by atoms with van der Waals surface area (Å²) in [7, 11) is 0. The molecule has 3 aromatic carbocycles. The number of hydrogen-bond donors (Lipinski definition) is 0. The average Bonchev–Trinajstić information content (AvgIpc) is 2.87. The molecule has 0 N–H and O–H groups in total. The van der Waals surface area contributed by atoms with E-state index in [9.17, 15) is 0 Å². The zero-order chi connectivity index (χ0) is 19.6. The molecular weight excluding hydrogens is 340 g/mol. The molecule has 1 aliphatic heterocycles. The predicted molar refractivity (Wildman–Crippen MR) is 120 cm³/mol. The number of benzene rings is 3. The van der Waals surface area contributed by atoms with Crippen LogP contribution >= 0.6 is 0 Å². The number of amidine groups is 1. The van der Waals surface area contributed by atoms with E-state index >= 15 is 0 Å². The third kappa shape index (κ3) is 3.72. The van der Waals surface area contributed by atoms with Crippen LogP contribution in [0, 0.1) is 5.41 Å². The smallest absolute Gasteiger partial charge is 0.135 e. The molecule has 0 aromatic heterocycles. The van der Waals surface area contributed by atoms with Gasteiger partial charge in [0, 0.05) is 22.1 Å². The number of fused-ring (bicyclic) bond motifs is 1. The fourth-order valence-corrected chi connectivity index (χ4v) is 3.25. The molecular formula is C26H24N2. The Morgan fingerprint density at radius 2 is 1.29 bits per heavy atom. The first-order valence-corrected chi connectivity index (χ1v) is 9.62. The number of allylic oxidation sites excluding steroid dienone is 1. The second kappa shape index (κ2) is 7.40. The molecule has 0 amide bonds. The number of nitrogens with zero attached hydrogens (tertiary/aromatic N) is 2. The lowest BCUT2D eigenvalue weighted by atomic mass is 9.92. The summed E-state index contributed by atoms with van der Waals surface area (Å²) in [5.41, 5.74) is 6.21. The van der Waals surface area contributed by atoms with Crippen molar-refractivity contribution in [1.82, 2.24) is 0 Å². The Balaban J connectivity index is 2.02. The van der Waals surface area contributed by atoms with Crippen molar-refractivity contribution in [3.05, 3.63) is 102 Å². The summed E-state index contributed by atoms with van der Waals surface area (Å²) in [4.78, 5) is 10.1. The van der Waals surface area contributed by atoms with Gasteiger partial charge in [0.15, 0.2) is 0 Å². The van der Waals surface area contributed by atoms with Crippen LogP contribution in [0.5, 0.6) is 0 Å². The SMILES string of the molecule is CC(C)(C)C1=Nc2ccccc2C(=Cc2ccccc2)C(c2ccccc2)=N1. The summed E-state index contributed by atoms with van der Waals surface area (Å²) in [5.74, 6) is 0.843. The molecule has 0 aliphatic carbocycles. The van der Waals surface area contributed by atoms with Crippen molar-refractivity contribution < 1.29 is 0 Å². The van der Waals surface area contributed by atoms with E-state index in [1.807, 2.05) is 18.2 Å². The predicted octanol–water partition coefficient (Wildman–Crippen LogP) is 6.81. The molecule has 0 saturated carbocycles. The minimum absolute atomic E-state index is 0.157. The minimum atomic E-state index is -0.157. The summed E-state index contributed by atoms with van der Waals surface area (Å²) in [5, 5.41) is 0. The van der Waals surface area contributed by atoms with Gasteiger partial charge in [-0.2, -0.15) is 0 Å². The van der Waals surface area contributed by atoms with Gasteiger partial charge in [0.05, 0.1) is 11.4 Å². The van der Waals surface area contributed by atoms with Crippen LogP contribution in [0.1, 0.15) is 37.5 Å². The molecule has 138 valence electrons. The topological polar surface area (TPSA) is 24.7 Å². The van der Waals surface area contributed by atoms with Gasteiger partial charge >= 0.3 is 0 Å². The van der Waals surface area contributed by atoms with Crippen molar-refractivity contribution in [2.75, 3.05) is 0 Å². The second-order valence-electron chi connectivity index (χ2n) is 8.00. The van der Waals surface area contributed by atoms with Crippen LogP contribution in [-0.2, 0) is 0 Å². The van der Waals surface area contributed by atoms with Gasteiger partial charge in [-0.05, 0) is 17.7 Å². The monoisotopic (exact) mass is 364 g/mol. The van der Waals surface area contributed by atoms with E-state index in [1.165, 1.54) is 0 Å². The van der Waals surface area contributed by atoms with E-state index in [-0.39, 0.29) is 5.41 Å². The van der Waals surface area contributed by atoms with Crippen molar-refractivity contribution in [1.29, 1.82) is 0 Å². The molecule has 4 rings (SSSR count). The van der Waals surface area contributed by atoms with E-state index in [0.717, 1.165) is 39.5 Å². The number of aliphatic imine (C=N–C) groups is 2. The van der Waals surface area contributed by atoms with Gasteiger partial charge in [0.2, 0.25) is 0 Å².